The maximum atomic E-state index is 12.6. The van der Waals surface area contributed by atoms with Crippen molar-refractivity contribution in [2.75, 3.05) is 6.54 Å². The predicted molar refractivity (Wildman–Crippen MR) is 110 cm³/mol. The number of nitrogens with zero attached hydrogens (tertiary/aromatic N) is 2. The smallest absolute Gasteiger partial charge is 0.251 e. The van der Waals surface area contributed by atoms with Crippen molar-refractivity contribution in [3.63, 3.8) is 0 Å². The summed E-state index contributed by atoms with van der Waals surface area (Å²) in [6, 6.07) is 14.8. The number of benzene rings is 2. The highest BCUT2D eigenvalue weighted by molar-refractivity contribution is 5.94. The zero-order chi connectivity index (χ0) is 20.1. The van der Waals surface area contributed by atoms with Gasteiger partial charge in [0.2, 0.25) is 5.91 Å². The summed E-state index contributed by atoms with van der Waals surface area (Å²) in [5.41, 5.74) is 3.38. The topological polar surface area (TPSA) is 76.0 Å². The summed E-state index contributed by atoms with van der Waals surface area (Å²) in [5, 5.41) is 5.89. The lowest BCUT2D eigenvalue weighted by molar-refractivity contribution is -0.121. The van der Waals surface area contributed by atoms with Crippen molar-refractivity contribution < 1.29 is 9.59 Å². The van der Waals surface area contributed by atoms with Crippen LogP contribution < -0.4 is 10.6 Å². The number of para-hydroxylation sites is 2. The van der Waals surface area contributed by atoms with Gasteiger partial charge in [-0.15, -0.1) is 0 Å². The average molecular weight is 378 g/mol. The van der Waals surface area contributed by atoms with Gasteiger partial charge in [-0.1, -0.05) is 36.8 Å². The normalized spacial score (nSPS) is 12.0. The molecule has 0 saturated heterocycles. The van der Waals surface area contributed by atoms with E-state index in [1.54, 1.807) is 12.1 Å². The van der Waals surface area contributed by atoms with Gasteiger partial charge < -0.3 is 15.2 Å². The molecule has 0 radical (unpaired) electrons. The Labute approximate surface area is 165 Å². The van der Waals surface area contributed by atoms with Crippen LogP contribution in [0.5, 0.6) is 0 Å². The average Bonchev–Trinajstić information content (AvgIpc) is 3.05. The number of aryl methyl sites for hydroxylation is 1. The summed E-state index contributed by atoms with van der Waals surface area (Å²) < 4.78 is 1.88. The third-order valence-corrected chi connectivity index (χ3v) is 4.61. The van der Waals surface area contributed by atoms with Crippen molar-refractivity contribution >= 4 is 22.8 Å². The zero-order valence-corrected chi connectivity index (χ0v) is 16.5. The van der Waals surface area contributed by atoms with Gasteiger partial charge in [0.15, 0.2) is 0 Å². The predicted octanol–water partition coefficient (Wildman–Crippen LogP) is 3.36. The number of hydrogen-bond acceptors (Lipinski definition) is 3. The van der Waals surface area contributed by atoms with E-state index in [0.29, 0.717) is 17.9 Å². The molecule has 1 atom stereocenters. The molecule has 2 N–H and O–H groups in total. The van der Waals surface area contributed by atoms with Gasteiger partial charge in [-0.3, -0.25) is 9.59 Å². The first-order valence-electron chi connectivity index (χ1n) is 9.59. The van der Waals surface area contributed by atoms with Crippen LogP contribution in [0.3, 0.4) is 0 Å². The lowest BCUT2D eigenvalue weighted by Crippen LogP contribution is -2.32. The second-order valence-corrected chi connectivity index (χ2v) is 6.96. The number of aromatic nitrogens is 2. The fourth-order valence-electron chi connectivity index (χ4n) is 3.10. The molecule has 3 rings (SSSR count). The minimum atomic E-state index is -0.347. The first kappa shape index (κ1) is 19.6. The van der Waals surface area contributed by atoms with Crippen LogP contribution in [0.2, 0.25) is 0 Å². The van der Waals surface area contributed by atoms with Gasteiger partial charge in [0.25, 0.3) is 5.91 Å². The SMILES string of the molecule is CCCNC(=O)Cn1c([C@H](C)NC(=O)c2ccc(C)cc2)nc2ccccc21. The first-order valence-corrected chi connectivity index (χ1v) is 9.59. The van der Waals surface area contributed by atoms with Gasteiger partial charge in [-0.05, 0) is 44.5 Å². The second-order valence-electron chi connectivity index (χ2n) is 6.96. The van der Waals surface area contributed by atoms with Crippen molar-refractivity contribution in [1.82, 2.24) is 20.2 Å². The summed E-state index contributed by atoms with van der Waals surface area (Å²) in [7, 11) is 0. The third-order valence-electron chi connectivity index (χ3n) is 4.61. The molecule has 2 amide bonds. The first-order chi connectivity index (χ1) is 13.5. The van der Waals surface area contributed by atoms with Crippen molar-refractivity contribution in [2.45, 2.75) is 39.8 Å². The molecule has 2 aromatic carbocycles. The Morgan fingerprint density at radius 3 is 2.54 bits per heavy atom. The van der Waals surface area contributed by atoms with Crippen LogP contribution in [0.4, 0.5) is 0 Å². The van der Waals surface area contributed by atoms with Crippen LogP contribution in [-0.2, 0) is 11.3 Å². The van der Waals surface area contributed by atoms with E-state index in [0.717, 1.165) is 23.0 Å². The molecule has 0 aliphatic rings. The second kappa shape index (κ2) is 8.69. The third kappa shape index (κ3) is 4.39. The fourth-order valence-corrected chi connectivity index (χ4v) is 3.10. The summed E-state index contributed by atoms with van der Waals surface area (Å²) in [6.45, 7) is 6.69. The van der Waals surface area contributed by atoms with E-state index in [9.17, 15) is 9.59 Å². The molecule has 146 valence electrons. The van der Waals surface area contributed by atoms with Crippen molar-refractivity contribution in [3.8, 4) is 0 Å². The molecule has 0 fully saturated rings. The van der Waals surface area contributed by atoms with E-state index in [-0.39, 0.29) is 24.4 Å². The van der Waals surface area contributed by atoms with Crippen LogP contribution >= 0.6 is 0 Å². The highest BCUT2D eigenvalue weighted by Gasteiger charge is 2.20. The molecule has 0 bridgehead atoms. The Morgan fingerprint density at radius 2 is 1.82 bits per heavy atom. The van der Waals surface area contributed by atoms with Crippen LogP contribution in [0.25, 0.3) is 11.0 Å². The number of rotatable bonds is 7. The van der Waals surface area contributed by atoms with Gasteiger partial charge in [0.1, 0.15) is 12.4 Å². The number of nitrogens with one attached hydrogen (secondary N) is 2. The molecular formula is C22H26N4O2. The maximum Gasteiger partial charge on any atom is 0.251 e. The maximum absolute atomic E-state index is 12.6. The Balaban J connectivity index is 1.86. The number of carbonyl (C=O) groups excluding carboxylic acids is 2. The molecule has 1 aromatic heterocycles. The van der Waals surface area contributed by atoms with Crippen LogP contribution in [0.1, 0.15) is 48.1 Å². The summed E-state index contributed by atoms with van der Waals surface area (Å²) in [4.78, 5) is 29.6. The number of amides is 2. The van der Waals surface area contributed by atoms with Crippen LogP contribution in [0, 0.1) is 6.92 Å². The zero-order valence-electron chi connectivity index (χ0n) is 16.5. The Bertz CT molecular complexity index is 976. The van der Waals surface area contributed by atoms with E-state index in [4.69, 9.17) is 0 Å². The highest BCUT2D eigenvalue weighted by Crippen LogP contribution is 2.21. The molecule has 28 heavy (non-hydrogen) atoms. The van der Waals surface area contributed by atoms with Gasteiger partial charge >= 0.3 is 0 Å². The molecule has 0 saturated carbocycles. The Kier molecular flexibility index (Phi) is 6.09. The number of carbonyl (C=O) groups is 2. The lowest BCUT2D eigenvalue weighted by atomic mass is 10.1. The van der Waals surface area contributed by atoms with E-state index in [2.05, 4.69) is 15.6 Å². The van der Waals surface area contributed by atoms with Crippen LogP contribution in [-0.4, -0.2) is 27.9 Å². The minimum Gasteiger partial charge on any atom is -0.355 e. The number of hydrogen-bond donors (Lipinski definition) is 2. The largest absolute Gasteiger partial charge is 0.355 e. The van der Waals surface area contributed by atoms with E-state index in [1.807, 2.05) is 61.7 Å². The molecule has 1 heterocycles. The van der Waals surface area contributed by atoms with E-state index >= 15 is 0 Å². The summed E-state index contributed by atoms with van der Waals surface area (Å²) in [5.74, 6) is 0.429. The highest BCUT2D eigenvalue weighted by atomic mass is 16.2. The fraction of sp³-hybridized carbons (Fsp3) is 0.318. The Morgan fingerprint density at radius 1 is 1.11 bits per heavy atom. The molecular weight excluding hydrogens is 352 g/mol. The molecule has 0 aliphatic carbocycles. The Hall–Kier alpha value is -3.15. The van der Waals surface area contributed by atoms with Gasteiger partial charge in [0.05, 0.1) is 17.1 Å². The van der Waals surface area contributed by atoms with Crippen LogP contribution in [0.15, 0.2) is 48.5 Å². The van der Waals surface area contributed by atoms with Crippen molar-refractivity contribution in [3.05, 3.63) is 65.5 Å². The molecule has 6 heteroatoms. The summed E-state index contributed by atoms with van der Waals surface area (Å²) in [6.07, 6.45) is 0.881. The van der Waals surface area contributed by atoms with Crippen molar-refractivity contribution in [2.24, 2.45) is 0 Å². The number of imidazole rings is 1. The van der Waals surface area contributed by atoms with Gasteiger partial charge in [0, 0.05) is 12.1 Å². The molecule has 0 spiro atoms. The van der Waals surface area contributed by atoms with E-state index < -0.39 is 0 Å². The lowest BCUT2D eigenvalue weighted by Gasteiger charge is -2.16. The standard InChI is InChI=1S/C22H26N4O2/c1-4-13-23-20(27)14-26-19-8-6-5-7-18(19)25-21(26)16(3)24-22(28)17-11-9-15(2)10-12-17/h5-12,16H,4,13-14H2,1-3H3,(H,23,27)(H,24,28)/t16-/m0/s1. The molecule has 0 aliphatic heterocycles. The van der Waals surface area contributed by atoms with E-state index in [1.165, 1.54) is 0 Å². The quantitative estimate of drug-likeness (QED) is 0.662. The molecule has 3 aromatic rings. The molecule has 6 nitrogen and oxygen atoms in total. The summed E-state index contributed by atoms with van der Waals surface area (Å²) >= 11 is 0. The molecule has 0 unspecified atom stereocenters. The monoisotopic (exact) mass is 378 g/mol. The van der Waals surface area contributed by atoms with Crippen molar-refractivity contribution in [1.29, 1.82) is 0 Å². The van der Waals surface area contributed by atoms with Gasteiger partial charge in [-0.2, -0.15) is 0 Å². The minimum absolute atomic E-state index is 0.0664. The van der Waals surface area contributed by atoms with Gasteiger partial charge in [-0.25, -0.2) is 4.98 Å². The number of fused-ring (bicyclic) bond motifs is 1.